The predicted octanol–water partition coefficient (Wildman–Crippen LogP) is 3.75. The molecule has 2 aromatic carbocycles. The first-order valence-electron chi connectivity index (χ1n) is 10.0. The molecular weight excluding hydrogens is 446 g/mol. The van der Waals surface area contributed by atoms with Crippen molar-refractivity contribution in [2.24, 2.45) is 10.9 Å². The molecule has 0 radical (unpaired) electrons. The van der Waals surface area contributed by atoms with Gasteiger partial charge in [-0.1, -0.05) is 52.3 Å². The Hall–Kier alpha value is -2.67. The third kappa shape index (κ3) is 8.37. The Morgan fingerprint density at radius 3 is 2.40 bits per heavy atom. The molecule has 0 heterocycles. The topological polar surface area (TPSA) is 93.8 Å². The Balaban J connectivity index is 1.81. The van der Waals surface area contributed by atoms with E-state index in [1.807, 2.05) is 48.5 Å². The van der Waals surface area contributed by atoms with Crippen LogP contribution >= 0.6 is 15.9 Å². The molecule has 1 unspecified atom stereocenters. The van der Waals surface area contributed by atoms with E-state index in [2.05, 4.69) is 26.3 Å². The number of carbonyl (C=O) groups excluding carboxylic acids is 2. The molecule has 0 saturated carbocycles. The number of unbranched alkanes of at least 4 members (excludes halogenated alkanes) is 1. The normalized spacial score (nSPS) is 11.9. The molecule has 160 valence electrons. The summed E-state index contributed by atoms with van der Waals surface area (Å²) in [6.07, 6.45) is 4.88. The van der Waals surface area contributed by atoms with Gasteiger partial charge in [-0.05, 0) is 55.0 Å². The van der Waals surface area contributed by atoms with Crippen LogP contribution in [0, 0.1) is 0 Å². The van der Waals surface area contributed by atoms with Crippen LogP contribution in [0.4, 0.5) is 0 Å². The molecule has 1 amide bonds. The molecule has 30 heavy (non-hydrogen) atoms. The quantitative estimate of drug-likeness (QED) is 0.171. The first-order valence-corrected chi connectivity index (χ1v) is 10.8. The summed E-state index contributed by atoms with van der Waals surface area (Å²) in [5.41, 5.74) is 3.11. The summed E-state index contributed by atoms with van der Waals surface area (Å²) in [5.74, 6) is 4.60. The van der Waals surface area contributed by atoms with E-state index in [9.17, 15) is 9.59 Å². The van der Waals surface area contributed by atoms with E-state index in [0.29, 0.717) is 12.8 Å². The van der Waals surface area contributed by atoms with Crippen molar-refractivity contribution >= 4 is 34.0 Å². The summed E-state index contributed by atoms with van der Waals surface area (Å²) in [6.45, 7) is 2.03. The SMILES string of the molecule is CCOC(=O)C(Cc1ccc(Br)cc1)NC(=O)CCCCc1ccc(C=NN)cc1. The second-order valence-corrected chi connectivity index (χ2v) is 7.85. The van der Waals surface area contributed by atoms with Crippen molar-refractivity contribution in [2.45, 2.75) is 45.1 Å². The first kappa shape index (κ1) is 23.6. The number of nitrogens with one attached hydrogen (secondary N) is 1. The lowest BCUT2D eigenvalue weighted by Gasteiger charge is -2.17. The van der Waals surface area contributed by atoms with Crippen molar-refractivity contribution in [1.82, 2.24) is 5.32 Å². The number of amides is 1. The van der Waals surface area contributed by atoms with E-state index in [4.69, 9.17) is 10.6 Å². The van der Waals surface area contributed by atoms with Crippen LogP contribution in [0.2, 0.25) is 0 Å². The van der Waals surface area contributed by atoms with Gasteiger partial charge in [0.15, 0.2) is 0 Å². The molecule has 1 atom stereocenters. The summed E-state index contributed by atoms with van der Waals surface area (Å²) in [6, 6.07) is 15.0. The number of rotatable bonds is 11. The Labute approximate surface area is 186 Å². The standard InChI is InChI=1S/C23H28BrN3O3/c1-2-30-23(29)21(15-18-11-13-20(24)14-12-18)27-22(28)6-4-3-5-17-7-9-19(10-8-17)16-26-25/h7-14,16,21H,2-6,15,25H2,1H3,(H,27,28). The molecule has 0 fully saturated rings. The molecule has 0 aliphatic rings. The van der Waals surface area contributed by atoms with Crippen molar-refractivity contribution < 1.29 is 14.3 Å². The fourth-order valence-corrected chi connectivity index (χ4v) is 3.29. The van der Waals surface area contributed by atoms with Gasteiger partial charge in [0.2, 0.25) is 5.91 Å². The van der Waals surface area contributed by atoms with Crippen LogP contribution in [0.25, 0.3) is 0 Å². The summed E-state index contributed by atoms with van der Waals surface area (Å²) in [7, 11) is 0. The number of carbonyl (C=O) groups is 2. The Morgan fingerprint density at radius 2 is 1.77 bits per heavy atom. The van der Waals surface area contributed by atoms with E-state index in [0.717, 1.165) is 34.9 Å². The minimum atomic E-state index is -0.685. The van der Waals surface area contributed by atoms with Gasteiger partial charge in [-0.2, -0.15) is 5.10 Å². The van der Waals surface area contributed by atoms with Crippen molar-refractivity contribution in [2.75, 3.05) is 6.61 Å². The van der Waals surface area contributed by atoms with E-state index in [1.165, 1.54) is 5.56 Å². The monoisotopic (exact) mass is 473 g/mol. The van der Waals surface area contributed by atoms with Gasteiger partial charge in [-0.3, -0.25) is 4.79 Å². The molecule has 0 spiro atoms. The highest BCUT2D eigenvalue weighted by Crippen LogP contribution is 2.13. The zero-order valence-corrected chi connectivity index (χ0v) is 18.7. The van der Waals surface area contributed by atoms with Crippen molar-refractivity contribution in [3.05, 3.63) is 69.7 Å². The van der Waals surface area contributed by atoms with E-state index >= 15 is 0 Å². The van der Waals surface area contributed by atoms with Crippen LogP contribution in [-0.2, 0) is 27.2 Å². The minimum absolute atomic E-state index is 0.139. The third-order valence-electron chi connectivity index (χ3n) is 4.58. The third-order valence-corrected chi connectivity index (χ3v) is 5.11. The maximum absolute atomic E-state index is 12.4. The van der Waals surface area contributed by atoms with Gasteiger partial charge in [0, 0.05) is 17.3 Å². The van der Waals surface area contributed by atoms with Crippen molar-refractivity contribution in [3.8, 4) is 0 Å². The maximum Gasteiger partial charge on any atom is 0.328 e. The number of ether oxygens (including phenoxy) is 1. The van der Waals surface area contributed by atoms with Crippen LogP contribution in [-0.4, -0.2) is 30.7 Å². The fourth-order valence-electron chi connectivity index (χ4n) is 3.03. The summed E-state index contributed by atoms with van der Waals surface area (Å²) >= 11 is 3.40. The molecule has 0 saturated heterocycles. The molecule has 0 aromatic heterocycles. The van der Waals surface area contributed by atoms with Gasteiger partial charge in [0.25, 0.3) is 0 Å². The second-order valence-electron chi connectivity index (χ2n) is 6.93. The molecule has 0 aliphatic carbocycles. The molecular formula is C23H28BrN3O3. The number of nitrogens with two attached hydrogens (primary N) is 1. The highest BCUT2D eigenvalue weighted by molar-refractivity contribution is 9.10. The van der Waals surface area contributed by atoms with Gasteiger partial charge in [0.1, 0.15) is 6.04 Å². The van der Waals surface area contributed by atoms with Gasteiger partial charge >= 0.3 is 5.97 Å². The number of benzene rings is 2. The predicted molar refractivity (Wildman–Crippen MR) is 122 cm³/mol. The van der Waals surface area contributed by atoms with Crippen molar-refractivity contribution in [1.29, 1.82) is 0 Å². The van der Waals surface area contributed by atoms with Crippen LogP contribution in [0.3, 0.4) is 0 Å². The summed E-state index contributed by atoms with van der Waals surface area (Å²) in [5, 5.41) is 6.34. The highest BCUT2D eigenvalue weighted by atomic mass is 79.9. The lowest BCUT2D eigenvalue weighted by atomic mass is 10.0. The van der Waals surface area contributed by atoms with E-state index < -0.39 is 12.0 Å². The first-order chi connectivity index (χ1) is 14.5. The van der Waals surface area contributed by atoms with Crippen LogP contribution in [0.5, 0.6) is 0 Å². The zero-order chi connectivity index (χ0) is 21.8. The number of halogens is 1. The fraction of sp³-hybridized carbons (Fsp3) is 0.348. The molecule has 0 bridgehead atoms. The van der Waals surface area contributed by atoms with E-state index in [-0.39, 0.29) is 12.5 Å². The number of hydrazone groups is 1. The second kappa shape index (κ2) is 12.8. The molecule has 0 aliphatic heterocycles. The lowest BCUT2D eigenvalue weighted by molar-refractivity contribution is -0.147. The molecule has 3 N–H and O–H groups in total. The summed E-state index contributed by atoms with van der Waals surface area (Å²) in [4.78, 5) is 24.7. The van der Waals surface area contributed by atoms with Crippen molar-refractivity contribution in [3.63, 3.8) is 0 Å². The van der Waals surface area contributed by atoms with Crippen LogP contribution in [0.1, 0.15) is 42.9 Å². The van der Waals surface area contributed by atoms with Gasteiger partial charge in [-0.25, -0.2) is 4.79 Å². The zero-order valence-electron chi connectivity index (χ0n) is 17.1. The van der Waals surface area contributed by atoms with Crippen LogP contribution < -0.4 is 11.2 Å². The Morgan fingerprint density at radius 1 is 1.10 bits per heavy atom. The number of nitrogens with zero attached hydrogens (tertiary/aromatic N) is 1. The van der Waals surface area contributed by atoms with Crippen LogP contribution in [0.15, 0.2) is 58.1 Å². The lowest BCUT2D eigenvalue weighted by Crippen LogP contribution is -2.43. The number of hydrogen-bond acceptors (Lipinski definition) is 5. The molecule has 7 heteroatoms. The van der Waals surface area contributed by atoms with E-state index in [1.54, 1.807) is 13.1 Å². The van der Waals surface area contributed by atoms with Gasteiger partial charge in [-0.15, -0.1) is 0 Å². The molecule has 2 aromatic rings. The van der Waals surface area contributed by atoms with Gasteiger partial charge in [0.05, 0.1) is 12.8 Å². The largest absolute Gasteiger partial charge is 0.464 e. The summed E-state index contributed by atoms with van der Waals surface area (Å²) < 4.78 is 6.09. The Bertz CT molecular complexity index is 836. The van der Waals surface area contributed by atoms with Gasteiger partial charge < -0.3 is 15.9 Å². The number of hydrogen-bond donors (Lipinski definition) is 2. The number of aryl methyl sites for hydroxylation is 1. The maximum atomic E-state index is 12.4. The average molecular weight is 474 g/mol. The molecule has 6 nitrogen and oxygen atoms in total. The Kier molecular flexibility index (Phi) is 10.1. The smallest absolute Gasteiger partial charge is 0.328 e. The average Bonchev–Trinajstić information content (AvgIpc) is 2.74. The number of esters is 1. The minimum Gasteiger partial charge on any atom is -0.464 e. The molecule has 2 rings (SSSR count). The highest BCUT2D eigenvalue weighted by Gasteiger charge is 2.22.